The minimum atomic E-state index is -4.68. The van der Waals surface area contributed by atoms with Crippen LogP contribution in [0.3, 0.4) is 0 Å². The fourth-order valence-electron chi connectivity index (χ4n) is 3.77. The van der Waals surface area contributed by atoms with Crippen molar-refractivity contribution in [3.8, 4) is 11.1 Å². The van der Waals surface area contributed by atoms with Crippen LogP contribution in [0.2, 0.25) is 5.02 Å². The average molecular weight is 497 g/mol. The lowest BCUT2D eigenvalue weighted by Gasteiger charge is -2.21. The quantitative estimate of drug-likeness (QED) is 0.425. The summed E-state index contributed by atoms with van der Waals surface area (Å²) in [4.78, 5) is 14.9. The van der Waals surface area contributed by atoms with Crippen LogP contribution in [0.1, 0.15) is 27.3 Å². The smallest absolute Gasteiger partial charge is 0.339 e. The third kappa shape index (κ3) is 5.68. The van der Waals surface area contributed by atoms with Gasteiger partial charge in [0.05, 0.1) is 0 Å². The van der Waals surface area contributed by atoms with Crippen LogP contribution in [-0.2, 0) is 23.5 Å². The molecule has 1 amide bonds. The molecule has 3 aromatic rings. The Hall–Kier alpha value is -2.58. The minimum absolute atomic E-state index is 0.0310. The van der Waals surface area contributed by atoms with E-state index in [4.69, 9.17) is 11.6 Å². The predicted octanol–water partition coefficient (Wildman–Crippen LogP) is 5.63. The first-order chi connectivity index (χ1) is 15.5. The van der Waals surface area contributed by atoms with Gasteiger partial charge in [0.2, 0.25) is 0 Å². The lowest BCUT2D eigenvalue weighted by Crippen LogP contribution is -2.33. The maximum absolute atomic E-state index is 14.3. The number of rotatable bonds is 7. The van der Waals surface area contributed by atoms with Gasteiger partial charge in [-0.2, -0.15) is 13.2 Å². The molecular formula is C24H24ClF3N2O2S. The highest BCUT2D eigenvalue weighted by atomic mass is 35.5. The summed E-state index contributed by atoms with van der Waals surface area (Å²) < 4.78 is 55.5. The number of carbonyl (C=O) groups is 1. The van der Waals surface area contributed by atoms with Crippen LogP contribution in [0.25, 0.3) is 11.1 Å². The number of alkyl halides is 3. The monoisotopic (exact) mass is 496 g/mol. The Morgan fingerprint density at radius 1 is 1.09 bits per heavy atom. The van der Waals surface area contributed by atoms with E-state index in [-0.39, 0.29) is 35.7 Å². The zero-order valence-electron chi connectivity index (χ0n) is 18.4. The van der Waals surface area contributed by atoms with E-state index in [1.54, 1.807) is 54.6 Å². The molecule has 0 bridgehead atoms. The molecule has 0 fully saturated rings. The first kappa shape index (κ1) is 25.1. The highest BCUT2D eigenvalue weighted by Gasteiger charge is 2.41. The van der Waals surface area contributed by atoms with Gasteiger partial charge in [-0.25, -0.2) is 0 Å². The molecule has 2 aromatic carbocycles. The van der Waals surface area contributed by atoms with Gasteiger partial charge in [-0.05, 0) is 35.7 Å². The zero-order valence-corrected chi connectivity index (χ0v) is 20.0. The molecule has 0 aliphatic heterocycles. The summed E-state index contributed by atoms with van der Waals surface area (Å²) in [5, 5.41) is 0.437. The fraction of sp³-hybridized carbons (Fsp3) is 0.292. The molecule has 1 atom stereocenters. The van der Waals surface area contributed by atoms with E-state index in [0.717, 1.165) is 4.57 Å². The SMILES string of the molecule is Cc1c(-c2ccc(Cl)cc2)c(C(=O)N(C)CCS(C)=O)n(Cc2ccccc2)c1C(F)(F)F. The molecule has 0 aliphatic rings. The second-order valence-electron chi connectivity index (χ2n) is 7.78. The van der Waals surface area contributed by atoms with Gasteiger partial charge in [-0.1, -0.05) is 54.1 Å². The largest absolute Gasteiger partial charge is 0.431 e. The van der Waals surface area contributed by atoms with Crippen LogP contribution in [0, 0.1) is 6.92 Å². The third-order valence-electron chi connectivity index (χ3n) is 5.36. The summed E-state index contributed by atoms with van der Waals surface area (Å²) >= 11 is 5.99. The van der Waals surface area contributed by atoms with Gasteiger partial charge in [-0.3, -0.25) is 9.00 Å². The standard InChI is InChI=1S/C24H24ClF3N2O2S/c1-16-20(18-9-11-19(25)12-10-18)21(23(31)29(2)13-14-33(3)32)30(22(16)24(26,27)28)15-17-7-5-4-6-8-17/h4-12H,13-15H2,1-3H3. The van der Waals surface area contributed by atoms with Gasteiger partial charge in [0.25, 0.3) is 5.91 Å². The molecule has 0 radical (unpaired) electrons. The lowest BCUT2D eigenvalue weighted by atomic mass is 10.00. The number of benzene rings is 2. The Labute approximate surface area is 198 Å². The molecule has 33 heavy (non-hydrogen) atoms. The highest BCUT2D eigenvalue weighted by molar-refractivity contribution is 7.84. The molecule has 0 spiro atoms. The van der Waals surface area contributed by atoms with Crippen molar-refractivity contribution in [2.24, 2.45) is 0 Å². The summed E-state index contributed by atoms with van der Waals surface area (Å²) in [5.41, 5.74) is 0.348. The molecule has 3 rings (SSSR count). The van der Waals surface area contributed by atoms with Gasteiger partial charge < -0.3 is 9.47 Å². The predicted molar refractivity (Wildman–Crippen MR) is 126 cm³/mol. The number of amides is 1. The summed E-state index contributed by atoms with van der Waals surface area (Å²) in [7, 11) is 0.355. The van der Waals surface area contributed by atoms with Crippen molar-refractivity contribution < 1.29 is 22.2 Å². The van der Waals surface area contributed by atoms with Crippen LogP contribution in [0.5, 0.6) is 0 Å². The zero-order chi connectivity index (χ0) is 24.3. The number of nitrogens with zero attached hydrogens (tertiary/aromatic N) is 2. The van der Waals surface area contributed by atoms with Crippen molar-refractivity contribution in [3.63, 3.8) is 0 Å². The first-order valence-electron chi connectivity index (χ1n) is 10.2. The summed E-state index contributed by atoms with van der Waals surface area (Å²) in [6.45, 7) is 1.41. The maximum Gasteiger partial charge on any atom is 0.431 e. The summed E-state index contributed by atoms with van der Waals surface area (Å²) in [6.07, 6.45) is -3.16. The number of halogens is 4. The molecule has 0 aliphatic carbocycles. The highest BCUT2D eigenvalue weighted by Crippen LogP contribution is 2.41. The maximum atomic E-state index is 14.3. The molecule has 1 aromatic heterocycles. The first-order valence-corrected chi connectivity index (χ1v) is 12.3. The Morgan fingerprint density at radius 3 is 2.24 bits per heavy atom. The van der Waals surface area contributed by atoms with Gasteiger partial charge >= 0.3 is 6.18 Å². The molecule has 9 heteroatoms. The van der Waals surface area contributed by atoms with Crippen molar-refractivity contribution in [3.05, 3.63) is 82.1 Å². The number of hydrogen-bond acceptors (Lipinski definition) is 2. The van der Waals surface area contributed by atoms with Crippen molar-refractivity contribution in [1.82, 2.24) is 9.47 Å². The van der Waals surface area contributed by atoms with Crippen molar-refractivity contribution in [2.45, 2.75) is 19.6 Å². The van der Waals surface area contributed by atoms with Gasteiger partial charge in [0, 0.05) is 53.5 Å². The van der Waals surface area contributed by atoms with E-state index >= 15 is 0 Å². The normalized spacial score (nSPS) is 12.6. The molecule has 0 saturated carbocycles. The van der Waals surface area contributed by atoms with Crippen LogP contribution in [-0.4, -0.2) is 45.2 Å². The Kier molecular flexibility index (Phi) is 7.69. The molecule has 176 valence electrons. The van der Waals surface area contributed by atoms with Crippen LogP contribution < -0.4 is 0 Å². The van der Waals surface area contributed by atoms with E-state index in [0.29, 0.717) is 16.1 Å². The van der Waals surface area contributed by atoms with Gasteiger partial charge in [0.1, 0.15) is 11.4 Å². The van der Waals surface area contributed by atoms with Gasteiger partial charge in [0.15, 0.2) is 0 Å². The molecule has 0 N–H and O–H groups in total. The second kappa shape index (κ2) is 10.1. The topological polar surface area (TPSA) is 42.3 Å². The Balaban J connectivity index is 2.28. The average Bonchev–Trinajstić information content (AvgIpc) is 3.04. The van der Waals surface area contributed by atoms with Crippen LogP contribution >= 0.6 is 11.6 Å². The number of aromatic nitrogens is 1. The van der Waals surface area contributed by atoms with Crippen LogP contribution in [0.15, 0.2) is 54.6 Å². The van der Waals surface area contributed by atoms with Crippen molar-refractivity contribution >= 4 is 28.3 Å². The molecule has 0 saturated heterocycles. The van der Waals surface area contributed by atoms with E-state index in [1.807, 2.05) is 0 Å². The van der Waals surface area contributed by atoms with Crippen molar-refractivity contribution in [1.29, 1.82) is 0 Å². The molecule has 4 nitrogen and oxygen atoms in total. The Bertz CT molecular complexity index is 1160. The van der Waals surface area contributed by atoms with E-state index in [2.05, 4.69) is 0 Å². The summed E-state index contributed by atoms with van der Waals surface area (Å²) in [5.74, 6) is -0.344. The second-order valence-corrected chi connectivity index (χ2v) is 9.77. The summed E-state index contributed by atoms with van der Waals surface area (Å²) in [6, 6.07) is 15.1. The molecule has 1 heterocycles. The van der Waals surface area contributed by atoms with E-state index in [9.17, 15) is 22.2 Å². The van der Waals surface area contributed by atoms with Crippen molar-refractivity contribution in [2.75, 3.05) is 25.6 Å². The van der Waals surface area contributed by atoms with Gasteiger partial charge in [-0.15, -0.1) is 0 Å². The number of hydrogen-bond donors (Lipinski definition) is 0. The fourth-order valence-corrected chi connectivity index (χ4v) is 4.43. The molecule has 1 unspecified atom stereocenters. The number of carbonyl (C=O) groups excluding carboxylic acids is 1. The lowest BCUT2D eigenvalue weighted by molar-refractivity contribution is -0.143. The van der Waals surface area contributed by atoms with E-state index < -0.39 is 28.6 Å². The van der Waals surface area contributed by atoms with E-state index in [1.165, 1.54) is 25.1 Å². The molecular weight excluding hydrogens is 473 g/mol. The Morgan fingerprint density at radius 2 is 1.70 bits per heavy atom. The van der Waals surface area contributed by atoms with Crippen LogP contribution in [0.4, 0.5) is 13.2 Å². The minimum Gasteiger partial charge on any atom is -0.339 e. The third-order valence-corrected chi connectivity index (χ3v) is 6.36.